The summed E-state index contributed by atoms with van der Waals surface area (Å²) in [7, 11) is 3.98. The van der Waals surface area contributed by atoms with Gasteiger partial charge in [0.1, 0.15) is 11.6 Å². The van der Waals surface area contributed by atoms with E-state index in [-0.39, 0.29) is 6.61 Å². The average Bonchev–Trinajstić information content (AvgIpc) is 3.09. The van der Waals surface area contributed by atoms with E-state index in [1.807, 2.05) is 76.2 Å². The summed E-state index contributed by atoms with van der Waals surface area (Å²) in [6.45, 7) is 6.74. The summed E-state index contributed by atoms with van der Waals surface area (Å²) in [6, 6.07) is 10.0. The number of allylic oxidation sites excluding steroid dienone is 2. The molecule has 0 fully saturated rings. The van der Waals surface area contributed by atoms with Gasteiger partial charge in [0.15, 0.2) is 0 Å². The van der Waals surface area contributed by atoms with Crippen molar-refractivity contribution in [3.63, 3.8) is 0 Å². The van der Waals surface area contributed by atoms with E-state index in [4.69, 9.17) is 21.3 Å². The molecule has 4 rings (SSSR count). The lowest BCUT2D eigenvalue weighted by atomic mass is 9.75. The van der Waals surface area contributed by atoms with E-state index in [2.05, 4.69) is 10.6 Å². The fraction of sp³-hybridized carbons (Fsp3) is 0.333. The van der Waals surface area contributed by atoms with E-state index in [0.717, 1.165) is 33.7 Å². The predicted molar refractivity (Wildman–Crippen MR) is 137 cm³/mol. The zero-order chi connectivity index (χ0) is 24.6. The van der Waals surface area contributed by atoms with Crippen molar-refractivity contribution >= 4 is 34.3 Å². The van der Waals surface area contributed by atoms with Gasteiger partial charge < -0.3 is 19.3 Å². The highest BCUT2D eigenvalue weighted by Crippen LogP contribution is 2.35. The first-order chi connectivity index (χ1) is 16.1. The van der Waals surface area contributed by atoms with Gasteiger partial charge in [-0.1, -0.05) is 48.9 Å². The quantitative estimate of drug-likeness (QED) is 0.475. The van der Waals surface area contributed by atoms with E-state index in [9.17, 15) is 9.90 Å². The maximum absolute atomic E-state index is 11.8. The fourth-order valence-electron chi connectivity index (χ4n) is 4.39. The van der Waals surface area contributed by atoms with Crippen molar-refractivity contribution in [2.45, 2.75) is 27.3 Å². The molecule has 3 aromatic rings. The first kappa shape index (κ1) is 23.9. The number of fused-ring (bicyclic) bond motifs is 1. The van der Waals surface area contributed by atoms with E-state index in [0.29, 0.717) is 17.3 Å². The second kappa shape index (κ2) is 9.18. The minimum absolute atomic E-state index is 0.251. The number of ether oxygens (including phenoxy) is 1. The highest BCUT2D eigenvalue weighted by molar-refractivity contribution is 6.31. The van der Waals surface area contributed by atoms with E-state index in [1.165, 1.54) is 0 Å². The summed E-state index contributed by atoms with van der Waals surface area (Å²) in [4.78, 5) is 18.6. The van der Waals surface area contributed by atoms with Crippen LogP contribution in [0.3, 0.4) is 0 Å². The minimum Gasteiger partial charge on any atom is -0.493 e. The Balaban J connectivity index is 1.64. The van der Waals surface area contributed by atoms with Gasteiger partial charge in [-0.15, -0.1) is 0 Å². The van der Waals surface area contributed by atoms with Crippen LogP contribution in [-0.2, 0) is 11.3 Å². The SMILES string of the molecule is Cc1cc(OCC2(C)C=CC=CC2C(=O)O)cc2c1nc(C)n2Cc1ccc(N(C)C)cc1Cl. The standard InChI is InChI=1S/C27H30ClN3O3/c1-17-12-21(34-16-27(3)11-7-6-8-22(27)26(32)33)14-24-25(17)29-18(2)31(24)15-19-9-10-20(30(4)5)13-23(19)28/h6-14,22H,15-16H2,1-5H3,(H,32,33). The minimum atomic E-state index is -0.857. The number of aryl methyl sites for hydroxylation is 2. The number of benzene rings is 2. The lowest BCUT2D eigenvalue weighted by Crippen LogP contribution is -2.36. The normalized spacial score (nSPS) is 19.5. The molecule has 2 unspecified atom stereocenters. The number of hydrogen-bond donors (Lipinski definition) is 1. The van der Waals surface area contributed by atoms with Crippen LogP contribution in [0.1, 0.15) is 23.9 Å². The van der Waals surface area contributed by atoms with Crippen LogP contribution >= 0.6 is 11.6 Å². The van der Waals surface area contributed by atoms with Gasteiger partial charge in [-0.3, -0.25) is 4.79 Å². The van der Waals surface area contributed by atoms with Gasteiger partial charge in [0.2, 0.25) is 0 Å². The Morgan fingerprint density at radius 3 is 2.68 bits per heavy atom. The maximum Gasteiger partial charge on any atom is 0.311 e. The van der Waals surface area contributed by atoms with Crippen LogP contribution in [0.2, 0.25) is 5.02 Å². The highest BCUT2D eigenvalue weighted by atomic mass is 35.5. The second-order valence-electron chi connectivity index (χ2n) is 9.38. The Bertz CT molecular complexity index is 1310. The molecule has 0 spiro atoms. The van der Waals surface area contributed by atoms with Crippen LogP contribution in [0.5, 0.6) is 5.75 Å². The number of aliphatic carboxylic acids is 1. The lowest BCUT2D eigenvalue weighted by Gasteiger charge is -2.32. The first-order valence-electron chi connectivity index (χ1n) is 11.2. The molecule has 1 aliphatic rings. The molecular formula is C27H30ClN3O3. The van der Waals surface area contributed by atoms with Crippen molar-refractivity contribution in [3.8, 4) is 5.75 Å². The van der Waals surface area contributed by atoms with Crippen LogP contribution in [0.4, 0.5) is 5.69 Å². The lowest BCUT2D eigenvalue weighted by molar-refractivity contribution is -0.143. The molecule has 7 heteroatoms. The molecule has 34 heavy (non-hydrogen) atoms. The molecule has 2 aromatic carbocycles. The maximum atomic E-state index is 11.8. The van der Waals surface area contributed by atoms with Crippen LogP contribution in [0.25, 0.3) is 11.0 Å². The number of halogens is 1. The first-order valence-corrected chi connectivity index (χ1v) is 11.6. The molecule has 1 aromatic heterocycles. The molecule has 1 N–H and O–H groups in total. The average molecular weight is 480 g/mol. The molecular weight excluding hydrogens is 450 g/mol. The number of aromatic nitrogens is 2. The number of imidazole rings is 1. The third-order valence-corrected chi connectivity index (χ3v) is 6.86. The van der Waals surface area contributed by atoms with E-state index < -0.39 is 17.3 Å². The molecule has 6 nitrogen and oxygen atoms in total. The van der Waals surface area contributed by atoms with Crippen molar-refractivity contribution in [2.75, 3.05) is 25.6 Å². The number of hydrogen-bond acceptors (Lipinski definition) is 4. The number of nitrogens with zero attached hydrogens (tertiary/aromatic N) is 3. The summed E-state index contributed by atoms with van der Waals surface area (Å²) < 4.78 is 8.31. The van der Waals surface area contributed by atoms with Gasteiger partial charge >= 0.3 is 5.97 Å². The highest BCUT2D eigenvalue weighted by Gasteiger charge is 2.37. The summed E-state index contributed by atoms with van der Waals surface area (Å²) in [5, 5.41) is 10.3. The molecule has 2 atom stereocenters. The van der Waals surface area contributed by atoms with Gasteiger partial charge in [0.25, 0.3) is 0 Å². The monoisotopic (exact) mass is 479 g/mol. The molecule has 0 radical (unpaired) electrons. The largest absolute Gasteiger partial charge is 0.493 e. The van der Waals surface area contributed by atoms with Crippen molar-refractivity contribution in [1.29, 1.82) is 0 Å². The molecule has 1 heterocycles. The summed E-state index contributed by atoms with van der Waals surface area (Å²) in [5.74, 6) is 0.0846. The van der Waals surface area contributed by atoms with Gasteiger partial charge in [-0.2, -0.15) is 0 Å². The molecule has 1 aliphatic carbocycles. The molecule has 0 saturated heterocycles. The number of carbonyl (C=O) groups is 1. The van der Waals surface area contributed by atoms with Gasteiger partial charge in [-0.25, -0.2) is 4.98 Å². The van der Waals surface area contributed by atoms with Crippen molar-refractivity contribution < 1.29 is 14.6 Å². The van der Waals surface area contributed by atoms with Crippen LogP contribution in [0, 0.1) is 25.2 Å². The summed E-state index contributed by atoms with van der Waals surface area (Å²) in [5.41, 5.74) is 4.30. The zero-order valence-corrected chi connectivity index (χ0v) is 20.9. The Kier molecular flexibility index (Phi) is 6.45. The Labute approximate surface area is 205 Å². The van der Waals surface area contributed by atoms with Crippen molar-refractivity contribution in [2.24, 2.45) is 11.3 Å². The van der Waals surface area contributed by atoms with Gasteiger partial charge in [0.05, 0.1) is 30.1 Å². The van der Waals surface area contributed by atoms with Crippen LogP contribution in [-0.4, -0.2) is 41.3 Å². The topological polar surface area (TPSA) is 67.6 Å². The summed E-state index contributed by atoms with van der Waals surface area (Å²) in [6.07, 6.45) is 7.27. The Morgan fingerprint density at radius 2 is 2.00 bits per heavy atom. The van der Waals surface area contributed by atoms with E-state index >= 15 is 0 Å². The number of rotatable bonds is 7. The fourth-order valence-corrected chi connectivity index (χ4v) is 4.62. The number of carboxylic acids is 1. The smallest absolute Gasteiger partial charge is 0.311 e. The third-order valence-electron chi connectivity index (χ3n) is 6.51. The molecule has 0 aliphatic heterocycles. The Hall–Kier alpha value is -3.25. The van der Waals surface area contributed by atoms with Gasteiger partial charge in [-0.05, 0) is 43.2 Å². The summed E-state index contributed by atoms with van der Waals surface area (Å²) >= 11 is 6.60. The molecule has 0 bridgehead atoms. The third kappa shape index (κ3) is 4.55. The zero-order valence-electron chi connectivity index (χ0n) is 20.2. The Morgan fingerprint density at radius 1 is 1.24 bits per heavy atom. The molecule has 178 valence electrons. The number of carboxylic acid groups (broad SMARTS) is 1. The van der Waals surface area contributed by atoms with Crippen LogP contribution < -0.4 is 9.64 Å². The van der Waals surface area contributed by atoms with Crippen molar-refractivity contribution in [1.82, 2.24) is 9.55 Å². The molecule has 0 saturated carbocycles. The molecule has 0 amide bonds. The van der Waals surface area contributed by atoms with Gasteiger partial charge in [0, 0.05) is 36.3 Å². The van der Waals surface area contributed by atoms with Crippen molar-refractivity contribution in [3.05, 3.63) is 76.6 Å². The predicted octanol–water partition coefficient (Wildman–Crippen LogP) is 5.63. The number of anilines is 1. The van der Waals surface area contributed by atoms with E-state index in [1.54, 1.807) is 12.2 Å². The van der Waals surface area contributed by atoms with Crippen LogP contribution in [0.15, 0.2) is 54.6 Å². The second-order valence-corrected chi connectivity index (χ2v) is 9.78.